The fourth-order valence-electron chi connectivity index (χ4n) is 0.931. The molecule has 0 unspecified atom stereocenters. The second kappa shape index (κ2) is 10.2. The Morgan fingerprint density at radius 1 is 1.14 bits per heavy atom. The first-order valence-corrected chi connectivity index (χ1v) is 4.61. The highest BCUT2D eigenvalue weighted by Crippen LogP contribution is 2.00. The Labute approximate surface area is 85.0 Å². The number of ether oxygens (including phenoxy) is 1. The molecular weight excluding hydrogens is 180 g/mol. The Kier molecular flexibility index (Phi) is 9.53. The number of hydrogen-bond acceptors (Lipinski definition) is 3. The van der Waals surface area contributed by atoms with Crippen LogP contribution in [0.1, 0.15) is 12.0 Å². The van der Waals surface area contributed by atoms with Gasteiger partial charge in [-0.2, -0.15) is 0 Å². The SMILES string of the molecule is CO.OCCCOCc1ccccc1. The van der Waals surface area contributed by atoms with E-state index in [9.17, 15) is 0 Å². The molecule has 0 heterocycles. The topological polar surface area (TPSA) is 49.7 Å². The van der Waals surface area contributed by atoms with Crippen LogP contribution in [-0.2, 0) is 11.3 Å². The molecule has 0 aliphatic rings. The third-order valence-corrected chi connectivity index (χ3v) is 1.56. The van der Waals surface area contributed by atoms with Crippen molar-refractivity contribution in [3.63, 3.8) is 0 Å². The van der Waals surface area contributed by atoms with Gasteiger partial charge in [0.15, 0.2) is 0 Å². The van der Waals surface area contributed by atoms with E-state index >= 15 is 0 Å². The number of hydrogen-bond donors (Lipinski definition) is 2. The lowest BCUT2D eigenvalue weighted by Crippen LogP contribution is -1.97. The molecule has 0 bridgehead atoms. The van der Waals surface area contributed by atoms with Crippen LogP contribution in [0.3, 0.4) is 0 Å². The highest BCUT2D eigenvalue weighted by Gasteiger charge is 1.90. The van der Waals surface area contributed by atoms with E-state index in [-0.39, 0.29) is 6.61 Å². The highest BCUT2D eigenvalue weighted by molar-refractivity contribution is 5.13. The Balaban J connectivity index is 0.000000791. The van der Waals surface area contributed by atoms with Crippen LogP contribution in [0.4, 0.5) is 0 Å². The van der Waals surface area contributed by atoms with E-state index in [4.69, 9.17) is 14.9 Å². The lowest BCUT2D eigenvalue weighted by Gasteiger charge is -2.01. The Morgan fingerprint density at radius 3 is 2.36 bits per heavy atom. The van der Waals surface area contributed by atoms with Crippen LogP contribution in [0.25, 0.3) is 0 Å². The van der Waals surface area contributed by atoms with Crippen LogP contribution in [0.2, 0.25) is 0 Å². The van der Waals surface area contributed by atoms with Crippen LogP contribution in [-0.4, -0.2) is 30.5 Å². The van der Waals surface area contributed by atoms with Crippen molar-refractivity contribution in [2.24, 2.45) is 0 Å². The average molecular weight is 198 g/mol. The molecule has 0 saturated heterocycles. The molecule has 14 heavy (non-hydrogen) atoms. The molecule has 1 rings (SSSR count). The van der Waals surface area contributed by atoms with Crippen LogP contribution < -0.4 is 0 Å². The van der Waals surface area contributed by atoms with Crippen molar-refractivity contribution >= 4 is 0 Å². The summed E-state index contributed by atoms with van der Waals surface area (Å²) in [5.41, 5.74) is 1.18. The summed E-state index contributed by atoms with van der Waals surface area (Å²) in [6.45, 7) is 1.47. The van der Waals surface area contributed by atoms with Gasteiger partial charge in [-0.25, -0.2) is 0 Å². The maximum atomic E-state index is 8.48. The molecule has 0 saturated carbocycles. The number of rotatable bonds is 5. The first-order chi connectivity index (χ1) is 6.93. The van der Waals surface area contributed by atoms with Crippen molar-refractivity contribution in [1.82, 2.24) is 0 Å². The quantitative estimate of drug-likeness (QED) is 0.699. The van der Waals surface area contributed by atoms with Crippen molar-refractivity contribution < 1.29 is 14.9 Å². The molecule has 0 amide bonds. The summed E-state index contributed by atoms with van der Waals surface area (Å²) < 4.78 is 5.30. The van der Waals surface area contributed by atoms with Gasteiger partial charge in [0.1, 0.15) is 0 Å². The number of aliphatic hydroxyl groups is 2. The summed E-state index contributed by atoms with van der Waals surface area (Å²) in [7, 11) is 1.00. The van der Waals surface area contributed by atoms with Crippen molar-refractivity contribution in [2.45, 2.75) is 13.0 Å². The number of benzene rings is 1. The van der Waals surface area contributed by atoms with Crippen molar-refractivity contribution in [1.29, 1.82) is 0 Å². The van der Waals surface area contributed by atoms with Crippen LogP contribution >= 0.6 is 0 Å². The standard InChI is InChI=1S/C10H14O2.CH4O/c11-7-4-8-12-9-10-5-2-1-3-6-10;1-2/h1-3,5-6,11H,4,7-9H2;2H,1H3. The minimum Gasteiger partial charge on any atom is -0.400 e. The monoisotopic (exact) mass is 198 g/mol. The van der Waals surface area contributed by atoms with Crippen molar-refractivity contribution in [3.05, 3.63) is 35.9 Å². The van der Waals surface area contributed by atoms with Gasteiger partial charge in [0.25, 0.3) is 0 Å². The zero-order valence-corrected chi connectivity index (χ0v) is 8.52. The van der Waals surface area contributed by atoms with Gasteiger partial charge >= 0.3 is 0 Å². The van der Waals surface area contributed by atoms with E-state index < -0.39 is 0 Å². The first kappa shape index (κ1) is 13.1. The van der Waals surface area contributed by atoms with E-state index in [1.807, 2.05) is 30.3 Å². The van der Waals surface area contributed by atoms with E-state index in [1.54, 1.807) is 0 Å². The second-order valence-corrected chi connectivity index (χ2v) is 2.62. The van der Waals surface area contributed by atoms with E-state index in [1.165, 1.54) is 5.56 Å². The van der Waals surface area contributed by atoms with Crippen molar-refractivity contribution in [3.8, 4) is 0 Å². The first-order valence-electron chi connectivity index (χ1n) is 4.61. The Hall–Kier alpha value is -0.900. The molecule has 0 aliphatic heterocycles. The zero-order chi connectivity index (χ0) is 10.6. The minimum absolute atomic E-state index is 0.203. The van der Waals surface area contributed by atoms with Crippen LogP contribution in [0.15, 0.2) is 30.3 Å². The molecule has 0 spiro atoms. The summed E-state index contributed by atoms with van der Waals surface area (Å²) in [4.78, 5) is 0. The smallest absolute Gasteiger partial charge is 0.0716 e. The third kappa shape index (κ3) is 6.60. The zero-order valence-electron chi connectivity index (χ0n) is 8.52. The van der Waals surface area contributed by atoms with E-state index in [0.29, 0.717) is 19.6 Å². The summed E-state index contributed by atoms with van der Waals surface area (Å²) in [5.74, 6) is 0. The Bertz CT molecular complexity index is 199. The van der Waals surface area contributed by atoms with Gasteiger partial charge in [-0.05, 0) is 12.0 Å². The van der Waals surface area contributed by atoms with Gasteiger partial charge in [0.05, 0.1) is 6.61 Å². The molecular formula is C11H18O3. The molecule has 2 N–H and O–H groups in total. The molecule has 1 aromatic carbocycles. The number of aliphatic hydroxyl groups excluding tert-OH is 2. The fraction of sp³-hybridized carbons (Fsp3) is 0.455. The normalized spacial score (nSPS) is 9.07. The van der Waals surface area contributed by atoms with Gasteiger partial charge < -0.3 is 14.9 Å². The van der Waals surface area contributed by atoms with Gasteiger partial charge in [0.2, 0.25) is 0 Å². The van der Waals surface area contributed by atoms with Crippen molar-refractivity contribution in [2.75, 3.05) is 20.3 Å². The van der Waals surface area contributed by atoms with Gasteiger partial charge in [-0.3, -0.25) is 0 Å². The van der Waals surface area contributed by atoms with Gasteiger partial charge in [0, 0.05) is 20.3 Å². The van der Waals surface area contributed by atoms with Crippen LogP contribution in [0.5, 0.6) is 0 Å². The predicted octanol–water partition coefficient (Wildman–Crippen LogP) is 1.19. The maximum absolute atomic E-state index is 8.48. The molecule has 0 radical (unpaired) electrons. The summed E-state index contributed by atoms with van der Waals surface area (Å²) in [6.07, 6.45) is 0.715. The predicted molar refractivity (Wildman–Crippen MR) is 55.9 cm³/mol. The summed E-state index contributed by atoms with van der Waals surface area (Å²) >= 11 is 0. The van der Waals surface area contributed by atoms with E-state index in [0.717, 1.165) is 7.11 Å². The van der Waals surface area contributed by atoms with E-state index in [2.05, 4.69) is 0 Å². The maximum Gasteiger partial charge on any atom is 0.0716 e. The highest BCUT2D eigenvalue weighted by atomic mass is 16.5. The largest absolute Gasteiger partial charge is 0.400 e. The molecule has 0 aliphatic carbocycles. The lowest BCUT2D eigenvalue weighted by molar-refractivity contribution is 0.104. The van der Waals surface area contributed by atoms with Gasteiger partial charge in [-0.1, -0.05) is 30.3 Å². The van der Waals surface area contributed by atoms with Gasteiger partial charge in [-0.15, -0.1) is 0 Å². The second-order valence-electron chi connectivity index (χ2n) is 2.62. The molecule has 0 atom stereocenters. The molecule has 80 valence electrons. The van der Waals surface area contributed by atoms with Crippen LogP contribution in [0, 0.1) is 0 Å². The average Bonchev–Trinajstić information content (AvgIpc) is 2.29. The summed E-state index contributed by atoms with van der Waals surface area (Å²) in [6, 6.07) is 10.0. The molecule has 0 fully saturated rings. The molecule has 1 aromatic rings. The third-order valence-electron chi connectivity index (χ3n) is 1.56. The molecule has 3 heteroatoms. The molecule has 3 nitrogen and oxygen atoms in total. The molecule has 0 aromatic heterocycles. The fourth-order valence-corrected chi connectivity index (χ4v) is 0.931. The Morgan fingerprint density at radius 2 is 1.79 bits per heavy atom. The summed E-state index contributed by atoms with van der Waals surface area (Å²) in [5, 5.41) is 15.5. The minimum atomic E-state index is 0.203. The lowest BCUT2D eigenvalue weighted by atomic mass is 10.2.